The van der Waals surface area contributed by atoms with E-state index in [4.69, 9.17) is 10.3 Å². The number of benzene rings is 1. The van der Waals surface area contributed by atoms with Gasteiger partial charge in [-0.25, -0.2) is 4.79 Å². The summed E-state index contributed by atoms with van der Waals surface area (Å²) in [6.07, 6.45) is 0.318. The van der Waals surface area contributed by atoms with E-state index in [9.17, 15) is 9.59 Å². The van der Waals surface area contributed by atoms with E-state index in [0.717, 1.165) is 12.0 Å². The molecule has 1 saturated heterocycles. The first-order chi connectivity index (χ1) is 10.7. The first kappa shape index (κ1) is 15.7. The molecule has 0 bridgehead atoms. The average Bonchev–Trinajstić information content (AvgIpc) is 3.00. The van der Waals surface area contributed by atoms with Crippen LogP contribution in [-0.2, 0) is 16.1 Å². The highest BCUT2D eigenvalue weighted by Gasteiger charge is 2.27. The Hall–Kier alpha value is -2.73. The van der Waals surface area contributed by atoms with Gasteiger partial charge in [0.2, 0.25) is 5.91 Å². The number of ether oxygens (including phenoxy) is 1. The number of hydrogen-bond donors (Lipinski definition) is 1. The number of likely N-dealkylation sites (tertiary alicyclic amines) is 1. The summed E-state index contributed by atoms with van der Waals surface area (Å²) >= 11 is 0. The van der Waals surface area contributed by atoms with Crippen LogP contribution in [0.15, 0.2) is 35.4 Å². The molecule has 0 saturated carbocycles. The maximum atomic E-state index is 12.0. The minimum atomic E-state index is -0.656. The van der Waals surface area contributed by atoms with Crippen molar-refractivity contribution in [2.24, 2.45) is 5.11 Å². The van der Waals surface area contributed by atoms with Gasteiger partial charge in [0, 0.05) is 11.5 Å². The summed E-state index contributed by atoms with van der Waals surface area (Å²) in [5.41, 5.74) is 9.32. The maximum absolute atomic E-state index is 12.0. The Morgan fingerprint density at radius 3 is 2.91 bits per heavy atom. The van der Waals surface area contributed by atoms with Crippen LogP contribution in [0.4, 0.5) is 4.79 Å². The number of azide groups is 1. The Bertz CT molecular complexity index is 571. The van der Waals surface area contributed by atoms with E-state index in [0.29, 0.717) is 13.0 Å². The molecule has 1 aliphatic heterocycles. The fourth-order valence-corrected chi connectivity index (χ4v) is 2.24. The van der Waals surface area contributed by atoms with Crippen molar-refractivity contribution in [3.8, 4) is 0 Å². The molecule has 2 rings (SSSR count). The van der Waals surface area contributed by atoms with E-state index in [2.05, 4.69) is 15.3 Å². The summed E-state index contributed by atoms with van der Waals surface area (Å²) in [7, 11) is 0. The molecule has 1 aromatic carbocycles. The quantitative estimate of drug-likeness (QED) is 0.511. The second kappa shape index (κ2) is 7.90. The van der Waals surface area contributed by atoms with Crippen LogP contribution < -0.4 is 5.32 Å². The van der Waals surface area contributed by atoms with Gasteiger partial charge in [-0.2, -0.15) is 0 Å². The van der Waals surface area contributed by atoms with E-state index in [1.165, 1.54) is 4.90 Å². The van der Waals surface area contributed by atoms with Gasteiger partial charge in [0.05, 0.1) is 0 Å². The summed E-state index contributed by atoms with van der Waals surface area (Å²) in [6.45, 7) is 0.500. The smallest absolute Gasteiger partial charge is 0.407 e. The van der Waals surface area contributed by atoms with E-state index in [1.807, 2.05) is 30.3 Å². The third-order valence-corrected chi connectivity index (χ3v) is 3.32. The topological polar surface area (TPSA) is 107 Å². The summed E-state index contributed by atoms with van der Waals surface area (Å²) in [5.74, 6) is -0.286. The van der Waals surface area contributed by atoms with Gasteiger partial charge in [-0.05, 0) is 23.9 Å². The largest absolute Gasteiger partial charge is 0.445 e. The summed E-state index contributed by atoms with van der Waals surface area (Å²) in [5, 5.41) is 5.98. The lowest BCUT2D eigenvalue weighted by molar-refractivity contribution is -0.130. The Kier molecular flexibility index (Phi) is 5.62. The number of amides is 2. The van der Waals surface area contributed by atoms with Gasteiger partial charge in [-0.15, -0.1) is 0 Å². The molecule has 0 spiro atoms. The highest BCUT2D eigenvalue weighted by molar-refractivity contribution is 5.82. The fraction of sp³-hybridized carbons (Fsp3) is 0.429. The van der Waals surface area contributed by atoms with Crippen LogP contribution in [-0.4, -0.2) is 36.2 Å². The van der Waals surface area contributed by atoms with Gasteiger partial charge in [-0.1, -0.05) is 35.4 Å². The third kappa shape index (κ3) is 4.39. The molecule has 8 heteroatoms. The van der Waals surface area contributed by atoms with Crippen LogP contribution in [0.1, 0.15) is 18.4 Å². The van der Waals surface area contributed by atoms with Crippen LogP contribution in [0.25, 0.3) is 10.4 Å². The van der Waals surface area contributed by atoms with Gasteiger partial charge < -0.3 is 15.0 Å². The van der Waals surface area contributed by atoms with E-state index < -0.39 is 12.3 Å². The maximum Gasteiger partial charge on any atom is 0.407 e. The van der Waals surface area contributed by atoms with E-state index >= 15 is 0 Å². The molecule has 22 heavy (non-hydrogen) atoms. The molecule has 0 radical (unpaired) electrons. The minimum Gasteiger partial charge on any atom is -0.445 e. The molecule has 1 aromatic rings. The molecule has 2 amide bonds. The molecule has 1 heterocycles. The van der Waals surface area contributed by atoms with E-state index in [-0.39, 0.29) is 19.1 Å². The number of hydrogen-bond acceptors (Lipinski definition) is 4. The van der Waals surface area contributed by atoms with Crippen molar-refractivity contribution in [3.05, 3.63) is 46.3 Å². The molecule has 1 atom stereocenters. The lowest BCUT2D eigenvalue weighted by Crippen LogP contribution is -2.42. The molecule has 8 nitrogen and oxygen atoms in total. The zero-order valence-electron chi connectivity index (χ0n) is 12.0. The van der Waals surface area contributed by atoms with E-state index in [1.54, 1.807) is 0 Å². The number of carbonyl (C=O) groups is 2. The normalized spacial score (nSPS) is 16.7. The number of alkyl carbamates (subject to hydrolysis) is 1. The minimum absolute atomic E-state index is 0.145. The summed E-state index contributed by atoms with van der Waals surface area (Å²) in [6, 6.07) is 9.26. The zero-order valence-corrected chi connectivity index (χ0v) is 12.0. The summed E-state index contributed by atoms with van der Waals surface area (Å²) in [4.78, 5) is 27.7. The average molecular weight is 303 g/mol. The Morgan fingerprint density at radius 2 is 2.18 bits per heavy atom. The van der Waals surface area contributed by atoms with Crippen LogP contribution in [0.5, 0.6) is 0 Å². The molecular formula is C14H17N5O3. The zero-order chi connectivity index (χ0) is 15.8. The lowest BCUT2D eigenvalue weighted by atomic mass is 10.2. The SMILES string of the molecule is [N-]=[N+]=NC1CCCN1C(=O)CNC(=O)OCc1ccccc1. The van der Waals surface area contributed by atoms with Gasteiger partial charge in [-0.3, -0.25) is 4.79 Å². The van der Waals surface area contributed by atoms with Gasteiger partial charge in [0.1, 0.15) is 19.3 Å². The standard InChI is InChI=1S/C14H17N5O3/c15-18-17-12-7-4-8-19(12)13(20)9-16-14(21)22-10-11-5-2-1-3-6-11/h1-3,5-6,12H,4,7-10H2,(H,16,21). The summed E-state index contributed by atoms with van der Waals surface area (Å²) < 4.78 is 5.01. The Labute approximate surface area is 127 Å². The second-order valence-electron chi connectivity index (χ2n) is 4.83. The van der Waals surface area contributed by atoms with Crippen LogP contribution in [0.3, 0.4) is 0 Å². The highest BCUT2D eigenvalue weighted by Crippen LogP contribution is 2.18. The molecular weight excluding hydrogens is 286 g/mol. The molecule has 1 unspecified atom stereocenters. The Balaban J connectivity index is 1.73. The third-order valence-electron chi connectivity index (χ3n) is 3.32. The predicted molar refractivity (Wildman–Crippen MR) is 78.5 cm³/mol. The number of rotatable bonds is 5. The Morgan fingerprint density at radius 1 is 1.41 bits per heavy atom. The molecule has 0 aliphatic carbocycles. The van der Waals surface area contributed by atoms with Crippen LogP contribution in [0, 0.1) is 0 Å². The van der Waals surface area contributed by atoms with Gasteiger partial charge in [0.25, 0.3) is 0 Å². The van der Waals surface area contributed by atoms with Gasteiger partial charge in [0.15, 0.2) is 0 Å². The molecule has 0 aromatic heterocycles. The first-order valence-electron chi connectivity index (χ1n) is 6.99. The van der Waals surface area contributed by atoms with Crippen molar-refractivity contribution < 1.29 is 14.3 Å². The van der Waals surface area contributed by atoms with Crippen LogP contribution >= 0.6 is 0 Å². The van der Waals surface area contributed by atoms with Crippen molar-refractivity contribution >= 4 is 12.0 Å². The second-order valence-corrected chi connectivity index (χ2v) is 4.83. The number of carbonyl (C=O) groups excluding carboxylic acids is 2. The highest BCUT2D eigenvalue weighted by atomic mass is 16.5. The van der Waals surface area contributed by atoms with Crippen molar-refractivity contribution in [3.63, 3.8) is 0 Å². The van der Waals surface area contributed by atoms with Crippen molar-refractivity contribution in [2.75, 3.05) is 13.1 Å². The fourth-order valence-electron chi connectivity index (χ4n) is 2.24. The van der Waals surface area contributed by atoms with Crippen molar-refractivity contribution in [2.45, 2.75) is 25.6 Å². The van der Waals surface area contributed by atoms with Crippen molar-refractivity contribution in [1.29, 1.82) is 0 Å². The van der Waals surface area contributed by atoms with Crippen LogP contribution in [0.2, 0.25) is 0 Å². The number of nitrogens with one attached hydrogen (secondary N) is 1. The predicted octanol–water partition coefficient (Wildman–Crippen LogP) is 2.17. The molecule has 1 N–H and O–H groups in total. The van der Waals surface area contributed by atoms with Gasteiger partial charge >= 0.3 is 6.09 Å². The van der Waals surface area contributed by atoms with Crippen molar-refractivity contribution in [1.82, 2.24) is 10.2 Å². The molecule has 1 fully saturated rings. The number of nitrogens with zero attached hydrogens (tertiary/aromatic N) is 4. The first-order valence-corrected chi connectivity index (χ1v) is 6.99. The molecule has 116 valence electrons. The molecule has 1 aliphatic rings. The lowest BCUT2D eigenvalue weighted by Gasteiger charge is -2.20. The monoisotopic (exact) mass is 303 g/mol.